The molecule has 2 aromatic rings. The molecule has 25 heavy (non-hydrogen) atoms. The molecule has 1 aliphatic rings. The predicted molar refractivity (Wildman–Crippen MR) is 98.0 cm³/mol. The van der Waals surface area contributed by atoms with E-state index in [-0.39, 0.29) is 16.3 Å². The highest BCUT2D eigenvalue weighted by molar-refractivity contribution is 9.10. The van der Waals surface area contributed by atoms with Gasteiger partial charge in [0.15, 0.2) is 0 Å². The summed E-state index contributed by atoms with van der Waals surface area (Å²) in [5.41, 5.74) is 0.645. The largest absolute Gasteiger partial charge is 0.378 e. The van der Waals surface area contributed by atoms with Gasteiger partial charge in [0.2, 0.25) is 5.91 Å². The summed E-state index contributed by atoms with van der Waals surface area (Å²) < 4.78 is 41.6. The number of rotatable bonds is 3. The summed E-state index contributed by atoms with van der Waals surface area (Å²) in [6.07, 6.45) is 0. The van der Waals surface area contributed by atoms with Crippen molar-refractivity contribution >= 4 is 48.9 Å². The van der Waals surface area contributed by atoms with Gasteiger partial charge in [0.25, 0.3) is 10.0 Å². The Morgan fingerprint density at radius 3 is 2.64 bits per heavy atom. The van der Waals surface area contributed by atoms with E-state index in [0.717, 1.165) is 10.4 Å². The number of hydrogen-bond acceptors (Lipinski definition) is 4. The Balaban J connectivity index is 2.18. The number of nitrogens with zero attached hydrogens (tertiary/aromatic N) is 2. The standard InChI is InChI=1S/C16H15BrFN3O3S/c1-20(2)10-6-7-11(17)14(8-10)25(23,24)21-9-15(22)19-16-12(18)4-3-5-13(16)21/h3-8H,9H2,1-2H3,(H,19,22). The number of halogens is 2. The molecule has 0 aliphatic carbocycles. The molecule has 132 valence electrons. The molecule has 3 rings (SSSR count). The van der Waals surface area contributed by atoms with E-state index in [4.69, 9.17) is 0 Å². The second kappa shape index (κ2) is 6.30. The molecule has 1 heterocycles. The van der Waals surface area contributed by atoms with Crippen molar-refractivity contribution in [3.8, 4) is 0 Å². The molecule has 9 heteroatoms. The molecular weight excluding hydrogens is 413 g/mol. The van der Waals surface area contributed by atoms with Crippen LogP contribution in [0.5, 0.6) is 0 Å². The minimum Gasteiger partial charge on any atom is -0.378 e. The number of benzene rings is 2. The lowest BCUT2D eigenvalue weighted by atomic mass is 10.2. The summed E-state index contributed by atoms with van der Waals surface area (Å²) in [4.78, 5) is 13.7. The van der Waals surface area contributed by atoms with Crippen LogP contribution in [0.25, 0.3) is 0 Å². The van der Waals surface area contributed by atoms with Crippen LogP contribution in [0.1, 0.15) is 0 Å². The van der Waals surface area contributed by atoms with E-state index in [9.17, 15) is 17.6 Å². The van der Waals surface area contributed by atoms with Crippen LogP contribution < -0.4 is 14.5 Å². The van der Waals surface area contributed by atoms with Crippen LogP contribution in [0.15, 0.2) is 45.8 Å². The number of sulfonamides is 1. The van der Waals surface area contributed by atoms with Crippen LogP contribution in [0.4, 0.5) is 21.5 Å². The number of nitrogens with one attached hydrogen (secondary N) is 1. The fourth-order valence-electron chi connectivity index (χ4n) is 2.54. The Kier molecular flexibility index (Phi) is 4.46. The van der Waals surface area contributed by atoms with Crippen molar-refractivity contribution in [2.24, 2.45) is 0 Å². The van der Waals surface area contributed by atoms with E-state index < -0.39 is 28.3 Å². The van der Waals surface area contributed by atoms with E-state index in [1.165, 1.54) is 18.2 Å². The Labute approximate surface area is 153 Å². The number of carbonyl (C=O) groups excluding carboxylic acids is 1. The van der Waals surface area contributed by atoms with Crippen molar-refractivity contribution in [3.05, 3.63) is 46.7 Å². The van der Waals surface area contributed by atoms with Gasteiger partial charge in [-0.25, -0.2) is 12.8 Å². The van der Waals surface area contributed by atoms with Crippen LogP contribution in [0.3, 0.4) is 0 Å². The monoisotopic (exact) mass is 427 g/mol. The molecule has 0 saturated heterocycles. The summed E-state index contributed by atoms with van der Waals surface area (Å²) in [5, 5.41) is 2.39. The van der Waals surface area contributed by atoms with Crippen molar-refractivity contribution in [2.45, 2.75) is 4.90 Å². The zero-order valence-corrected chi connectivity index (χ0v) is 15.9. The maximum atomic E-state index is 14.0. The van der Waals surface area contributed by atoms with Gasteiger partial charge in [-0.05, 0) is 46.3 Å². The van der Waals surface area contributed by atoms with Gasteiger partial charge in [-0.15, -0.1) is 0 Å². The first-order valence-corrected chi connectivity index (χ1v) is 9.53. The summed E-state index contributed by atoms with van der Waals surface area (Å²) in [5.74, 6) is -1.28. The van der Waals surface area contributed by atoms with Crippen molar-refractivity contribution in [3.63, 3.8) is 0 Å². The first kappa shape index (κ1) is 17.7. The molecule has 6 nitrogen and oxygen atoms in total. The fourth-order valence-corrected chi connectivity index (χ4v) is 4.92. The molecule has 1 N–H and O–H groups in total. The van der Waals surface area contributed by atoms with Gasteiger partial charge < -0.3 is 10.2 Å². The number of carbonyl (C=O) groups is 1. The van der Waals surface area contributed by atoms with Gasteiger partial charge in [0.05, 0.1) is 5.69 Å². The molecule has 0 radical (unpaired) electrons. The molecule has 0 atom stereocenters. The molecule has 0 unspecified atom stereocenters. The first-order chi connectivity index (χ1) is 11.7. The molecule has 0 saturated carbocycles. The Morgan fingerprint density at radius 1 is 1.24 bits per heavy atom. The van der Waals surface area contributed by atoms with Crippen molar-refractivity contribution < 1.29 is 17.6 Å². The van der Waals surface area contributed by atoms with Gasteiger partial charge in [-0.3, -0.25) is 9.10 Å². The first-order valence-electron chi connectivity index (χ1n) is 7.30. The topological polar surface area (TPSA) is 69.7 Å². The van der Waals surface area contributed by atoms with Crippen LogP contribution in [0.2, 0.25) is 0 Å². The number of anilines is 3. The third kappa shape index (κ3) is 3.09. The SMILES string of the molecule is CN(C)c1ccc(Br)c(S(=O)(=O)N2CC(=O)Nc3c(F)cccc32)c1. The quantitative estimate of drug-likeness (QED) is 0.817. The zero-order chi connectivity index (χ0) is 18.4. The third-order valence-electron chi connectivity index (χ3n) is 3.81. The average Bonchev–Trinajstić information content (AvgIpc) is 2.55. The van der Waals surface area contributed by atoms with Gasteiger partial charge in [-0.2, -0.15) is 0 Å². The average molecular weight is 428 g/mol. The molecule has 1 amide bonds. The highest BCUT2D eigenvalue weighted by atomic mass is 79.9. The summed E-state index contributed by atoms with van der Waals surface area (Å²) >= 11 is 3.25. The molecule has 0 aromatic heterocycles. The van der Waals surface area contributed by atoms with Gasteiger partial charge in [0.1, 0.15) is 22.9 Å². The predicted octanol–water partition coefficient (Wildman–Crippen LogP) is 2.80. The zero-order valence-electron chi connectivity index (χ0n) is 13.5. The Morgan fingerprint density at radius 2 is 1.96 bits per heavy atom. The van der Waals surface area contributed by atoms with Crippen molar-refractivity contribution in [1.82, 2.24) is 0 Å². The lowest BCUT2D eigenvalue weighted by Crippen LogP contribution is -2.42. The number of fused-ring (bicyclic) bond motifs is 1. The summed E-state index contributed by atoms with van der Waals surface area (Å²) in [6, 6.07) is 8.92. The van der Waals surface area contributed by atoms with Crippen molar-refractivity contribution in [2.75, 3.05) is 35.2 Å². The van der Waals surface area contributed by atoms with Gasteiger partial charge in [0, 0.05) is 24.3 Å². The number of amides is 1. The normalized spacial score (nSPS) is 14.1. The van der Waals surface area contributed by atoms with E-state index >= 15 is 0 Å². The molecular formula is C16H15BrFN3O3S. The maximum absolute atomic E-state index is 14.0. The molecule has 0 bridgehead atoms. The lowest BCUT2D eigenvalue weighted by molar-refractivity contribution is -0.115. The molecule has 1 aliphatic heterocycles. The third-order valence-corrected chi connectivity index (χ3v) is 6.56. The van der Waals surface area contributed by atoms with E-state index in [2.05, 4.69) is 21.2 Å². The van der Waals surface area contributed by atoms with Crippen LogP contribution in [-0.2, 0) is 14.8 Å². The molecule has 2 aromatic carbocycles. The summed E-state index contributed by atoms with van der Waals surface area (Å²) in [7, 11) is -0.499. The molecule has 0 fully saturated rings. The lowest BCUT2D eigenvalue weighted by Gasteiger charge is -2.30. The second-order valence-corrected chi connectivity index (χ2v) is 8.39. The van der Waals surface area contributed by atoms with E-state index in [0.29, 0.717) is 10.2 Å². The Bertz CT molecular complexity index is 963. The summed E-state index contributed by atoms with van der Waals surface area (Å²) in [6.45, 7) is -0.419. The maximum Gasteiger partial charge on any atom is 0.266 e. The van der Waals surface area contributed by atoms with Gasteiger partial charge >= 0.3 is 0 Å². The smallest absolute Gasteiger partial charge is 0.266 e. The minimum atomic E-state index is -4.08. The highest BCUT2D eigenvalue weighted by Crippen LogP contribution is 2.37. The number of para-hydroxylation sites is 1. The number of hydrogen-bond donors (Lipinski definition) is 1. The van der Waals surface area contributed by atoms with E-state index in [1.54, 1.807) is 31.1 Å². The second-order valence-electron chi connectivity index (χ2n) is 5.70. The molecule has 0 spiro atoms. The van der Waals surface area contributed by atoms with E-state index in [1.807, 2.05) is 0 Å². The van der Waals surface area contributed by atoms with Crippen LogP contribution in [0, 0.1) is 5.82 Å². The van der Waals surface area contributed by atoms with Crippen molar-refractivity contribution in [1.29, 1.82) is 0 Å². The minimum absolute atomic E-state index is 0.00334. The van der Waals surface area contributed by atoms with Gasteiger partial charge in [-0.1, -0.05) is 6.07 Å². The van der Waals surface area contributed by atoms with Crippen LogP contribution >= 0.6 is 15.9 Å². The highest BCUT2D eigenvalue weighted by Gasteiger charge is 2.35. The fraction of sp³-hybridized carbons (Fsp3) is 0.188. The Hall–Kier alpha value is -2.13. The van der Waals surface area contributed by atoms with Crippen LogP contribution in [-0.4, -0.2) is 35.0 Å².